The highest BCUT2D eigenvalue weighted by atomic mass is 16.6. The number of rotatable bonds is 4. The topological polar surface area (TPSA) is 150 Å². The maximum absolute atomic E-state index is 11.7. The molecule has 0 heterocycles. The maximum Gasteiger partial charge on any atom is 0.526 e. The van der Waals surface area contributed by atoms with E-state index >= 15 is 0 Å². The summed E-state index contributed by atoms with van der Waals surface area (Å²) >= 11 is 0. The number of hydrogen-bond donors (Lipinski definition) is 3. The molecule has 0 amide bonds. The summed E-state index contributed by atoms with van der Waals surface area (Å²) in [5.74, 6) is -0.890. The van der Waals surface area contributed by atoms with E-state index in [9.17, 15) is 10.4 Å². The highest BCUT2D eigenvalue weighted by Crippen LogP contribution is 2.28. The van der Waals surface area contributed by atoms with Gasteiger partial charge in [0, 0.05) is 9.72 Å². The van der Waals surface area contributed by atoms with Crippen LogP contribution in [0, 0.1) is 15.8 Å². The van der Waals surface area contributed by atoms with Crippen LogP contribution in [-0.2, 0) is 10.4 Å². The van der Waals surface area contributed by atoms with Crippen LogP contribution >= 0.6 is 0 Å². The van der Waals surface area contributed by atoms with E-state index < -0.39 is 21.3 Å². The van der Waals surface area contributed by atoms with Crippen molar-refractivity contribution in [2.75, 3.05) is 7.11 Å². The van der Waals surface area contributed by atoms with Crippen molar-refractivity contribution in [3.8, 4) is 0 Å². The SMILES string of the molecule is COC(=N)C(c1ccccc1)([N+]([O-])=NO)[N+]([O-])=NO. The Balaban J connectivity index is 3.68. The molecule has 0 radical (unpaired) electrons. The quantitative estimate of drug-likeness (QED) is 0.187. The van der Waals surface area contributed by atoms with E-state index in [0.29, 0.717) is 0 Å². The standard InChI is InChI=1S/C9H11N5O5/c1-19-8(10)9(13(17)11-15,14(18)12-16)7-5-3-2-4-6-7/h2-6,10,15-16H,1H3. The third-order valence-corrected chi connectivity index (χ3v) is 2.41. The highest BCUT2D eigenvalue weighted by Gasteiger charge is 2.62. The molecule has 0 fully saturated rings. The minimum absolute atomic E-state index is 0.0811. The number of ether oxygens (including phenoxy) is 1. The minimum Gasteiger partial charge on any atom is -0.591 e. The summed E-state index contributed by atoms with van der Waals surface area (Å²) in [7, 11) is 1.04. The predicted molar refractivity (Wildman–Crippen MR) is 58.5 cm³/mol. The summed E-state index contributed by atoms with van der Waals surface area (Å²) in [4.78, 5) is -0.998. The lowest BCUT2D eigenvalue weighted by Gasteiger charge is -2.22. The van der Waals surface area contributed by atoms with Gasteiger partial charge in [0.2, 0.25) is 10.6 Å². The summed E-state index contributed by atoms with van der Waals surface area (Å²) in [5, 5.41) is 52.9. The highest BCUT2D eigenvalue weighted by molar-refractivity contribution is 5.81. The third-order valence-electron chi connectivity index (χ3n) is 2.41. The molecule has 3 N–H and O–H groups in total. The molecule has 10 nitrogen and oxygen atoms in total. The Morgan fingerprint density at radius 2 is 1.68 bits per heavy atom. The van der Waals surface area contributed by atoms with Gasteiger partial charge < -0.3 is 25.6 Å². The van der Waals surface area contributed by atoms with Crippen LogP contribution in [0.2, 0.25) is 0 Å². The molecule has 19 heavy (non-hydrogen) atoms. The molecule has 0 unspecified atom stereocenters. The van der Waals surface area contributed by atoms with Crippen LogP contribution in [0.15, 0.2) is 40.9 Å². The number of hydrogen-bond acceptors (Lipinski definition) is 6. The molecule has 102 valence electrons. The fourth-order valence-corrected chi connectivity index (χ4v) is 1.54. The van der Waals surface area contributed by atoms with Crippen LogP contribution in [0.4, 0.5) is 0 Å². The Hall–Kier alpha value is -2.91. The van der Waals surface area contributed by atoms with Gasteiger partial charge in [0.1, 0.15) is 5.56 Å². The van der Waals surface area contributed by atoms with Crippen LogP contribution in [0.3, 0.4) is 0 Å². The Kier molecular flexibility index (Phi) is 4.19. The molecule has 0 aliphatic carbocycles. The molecule has 1 aromatic rings. The summed E-state index contributed by atoms with van der Waals surface area (Å²) in [6.07, 6.45) is 0. The predicted octanol–water partition coefficient (Wildman–Crippen LogP) is 1.17. The van der Waals surface area contributed by atoms with E-state index in [4.69, 9.17) is 15.8 Å². The number of benzene rings is 1. The molecule has 0 bridgehead atoms. The lowest BCUT2D eigenvalue weighted by atomic mass is 10.0. The fraction of sp³-hybridized carbons (Fsp3) is 0.222. The molecule has 10 heteroatoms. The molecular weight excluding hydrogens is 258 g/mol. The maximum atomic E-state index is 11.7. The van der Waals surface area contributed by atoms with Crippen LogP contribution in [0.1, 0.15) is 5.56 Å². The van der Waals surface area contributed by atoms with Crippen molar-refractivity contribution in [1.82, 2.24) is 0 Å². The van der Waals surface area contributed by atoms with Crippen molar-refractivity contribution in [2.24, 2.45) is 10.6 Å². The van der Waals surface area contributed by atoms with Crippen LogP contribution in [0.5, 0.6) is 0 Å². The average molecular weight is 269 g/mol. The zero-order valence-corrected chi connectivity index (χ0v) is 9.79. The van der Waals surface area contributed by atoms with Crippen molar-refractivity contribution < 1.29 is 24.9 Å². The Bertz CT molecular complexity index is 497. The number of nitrogens with zero attached hydrogens (tertiary/aromatic N) is 4. The summed E-state index contributed by atoms with van der Waals surface area (Å²) in [5.41, 5.74) is -2.68. The van der Waals surface area contributed by atoms with Gasteiger partial charge in [-0.05, 0) is 12.1 Å². The van der Waals surface area contributed by atoms with Gasteiger partial charge in [0.05, 0.1) is 7.11 Å². The molecule has 0 saturated carbocycles. The van der Waals surface area contributed by atoms with Crippen LogP contribution < -0.4 is 0 Å². The van der Waals surface area contributed by atoms with E-state index in [1.807, 2.05) is 0 Å². The van der Waals surface area contributed by atoms with Crippen molar-refractivity contribution in [1.29, 1.82) is 5.41 Å². The number of methoxy groups -OCH3 is 1. The van der Waals surface area contributed by atoms with Crippen molar-refractivity contribution in [2.45, 2.75) is 5.66 Å². The largest absolute Gasteiger partial charge is 0.591 e. The van der Waals surface area contributed by atoms with Gasteiger partial charge in [-0.15, -0.1) is 0 Å². The van der Waals surface area contributed by atoms with E-state index in [2.05, 4.69) is 15.3 Å². The lowest BCUT2D eigenvalue weighted by Crippen LogP contribution is -2.51. The van der Waals surface area contributed by atoms with Gasteiger partial charge in [-0.2, -0.15) is 0 Å². The zero-order chi connectivity index (χ0) is 14.5. The smallest absolute Gasteiger partial charge is 0.526 e. The fourth-order valence-electron chi connectivity index (χ4n) is 1.54. The van der Waals surface area contributed by atoms with Gasteiger partial charge in [0.15, 0.2) is 0 Å². The zero-order valence-electron chi connectivity index (χ0n) is 9.79. The second-order valence-corrected chi connectivity index (χ2v) is 3.30. The summed E-state index contributed by atoms with van der Waals surface area (Å²) < 4.78 is 4.57. The molecular formula is C9H11N5O5. The van der Waals surface area contributed by atoms with Crippen LogP contribution in [0.25, 0.3) is 0 Å². The van der Waals surface area contributed by atoms with Crippen molar-refractivity contribution in [3.63, 3.8) is 0 Å². The van der Waals surface area contributed by atoms with E-state index in [1.165, 1.54) is 24.3 Å². The van der Waals surface area contributed by atoms with Gasteiger partial charge in [-0.25, -0.2) is 0 Å². The van der Waals surface area contributed by atoms with Gasteiger partial charge >= 0.3 is 11.6 Å². The normalized spacial score (nSPS) is 15.6. The first-order chi connectivity index (χ1) is 9.05. The molecule has 1 rings (SSSR count). The molecule has 0 aliphatic rings. The van der Waals surface area contributed by atoms with Gasteiger partial charge in [-0.3, -0.25) is 5.41 Å². The molecule has 0 aromatic heterocycles. The first kappa shape index (κ1) is 14.2. The molecule has 0 aliphatic heterocycles. The first-order valence-electron chi connectivity index (χ1n) is 4.89. The second-order valence-electron chi connectivity index (χ2n) is 3.30. The van der Waals surface area contributed by atoms with E-state index in [1.54, 1.807) is 6.07 Å². The van der Waals surface area contributed by atoms with Gasteiger partial charge in [-0.1, -0.05) is 18.2 Å². The Labute approximate surface area is 107 Å². The third kappa shape index (κ3) is 2.10. The second kappa shape index (κ2) is 5.62. The number of hydroxylamine groups is 2. The van der Waals surface area contributed by atoms with Crippen LogP contribution in [-0.4, -0.2) is 33.1 Å². The summed E-state index contributed by atoms with van der Waals surface area (Å²) in [6, 6.07) is 7.16. The lowest BCUT2D eigenvalue weighted by molar-refractivity contribution is -0.838. The Morgan fingerprint density at radius 1 is 1.21 bits per heavy atom. The average Bonchev–Trinajstić information content (AvgIpc) is 2.47. The molecule has 0 saturated heterocycles. The Morgan fingerprint density at radius 3 is 2.05 bits per heavy atom. The summed E-state index contributed by atoms with van der Waals surface area (Å²) in [6.45, 7) is 0. The van der Waals surface area contributed by atoms with E-state index in [-0.39, 0.29) is 5.56 Å². The van der Waals surface area contributed by atoms with E-state index in [0.717, 1.165) is 7.11 Å². The number of nitrogens with one attached hydrogen (secondary N) is 1. The monoisotopic (exact) mass is 269 g/mol. The molecule has 1 aromatic carbocycles. The van der Waals surface area contributed by atoms with Crippen molar-refractivity contribution >= 4 is 5.90 Å². The van der Waals surface area contributed by atoms with Crippen molar-refractivity contribution in [3.05, 3.63) is 46.3 Å². The first-order valence-corrected chi connectivity index (χ1v) is 4.89. The molecule has 0 spiro atoms. The minimum atomic E-state index is -2.60. The molecule has 0 atom stereocenters. The van der Waals surface area contributed by atoms with Gasteiger partial charge in [0.25, 0.3) is 0 Å².